The quantitative estimate of drug-likeness (QED) is 0.217. The van der Waals surface area contributed by atoms with Crippen LogP contribution in [-0.4, -0.2) is 85.3 Å². The van der Waals surface area contributed by atoms with Crippen LogP contribution in [0.5, 0.6) is 0 Å². The number of carbonyl (C=O) groups excluding carboxylic acids is 5. The van der Waals surface area contributed by atoms with E-state index in [9.17, 15) is 24.0 Å². The highest BCUT2D eigenvalue weighted by Crippen LogP contribution is 2.36. The highest BCUT2D eigenvalue weighted by Gasteiger charge is 2.52. The van der Waals surface area contributed by atoms with Crippen LogP contribution in [0.4, 0.5) is 0 Å². The molecule has 2 aliphatic heterocycles. The molecule has 0 N–H and O–H groups in total. The topological polar surface area (TPSA) is 150 Å². The molecule has 2 heterocycles. The first-order valence-corrected chi connectivity index (χ1v) is 17.5. The van der Waals surface area contributed by atoms with Crippen molar-refractivity contribution < 1.29 is 57.1 Å². The van der Waals surface area contributed by atoms with Crippen molar-refractivity contribution in [2.75, 3.05) is 6.61 Å². The first kappa shape index (κ1) is 39.5. The van der Waals surface area contributed by atoms with Crippen LogP contribution in [0, 0.1) is 11.8 Å². The molecule has 0 aromatic heterocycles. The molecule has 2 aliphatic rings. The zero-order valence-corrected chi connectivity index (χ0v) is 30.6. The Morgan fingerprint density at radius 3 is 1.33 bits per heavy atom. The summed E-state index contributed by atoms with van der Waals surface area (Å²) in [6, 6.07) is 16.0. The molecule has 0 spiro atoms. The smallest absolute Gasteiger partial charge is 0.303 e. The van der Waals surface area contributed by atoms with Crippen LogP contribution >= 0.6 is 0 Å². The number of rotatable bonds is 12. The zero-order chi connectivity index (χ0) is 37.4. The van der Waals surface area contributed by atoms with Gasteiger partial charge in [-0.25, -0.2) is 0 Å². The fourth-order valence-electron chi connectivity index (χ4n) is 7.02. The Balaban J connectivity index is 1.52. The number of ether oxygens (including phenoxy) is 7. The van der Waals surface area contributed by atoms with Gasteiger partial charge in [0.2, 0.25) is 0 Å². The van der Waals surface area contributed by atoms with E-state index in [1.165, 1.54) is 34.6 Å². The molecule has 0 saturated carbocycles. The molecule has 0 unspecified atom stereocenters. The summed E-state index contributed by atoms with van der Waals surface area (Å²) in [4.78, 5) is 59.9. The SMILES string of the molecule is CC[C@H]1O[C@H](Cc2ccc(-c3ccc(C[C@H]4O[C@H](COC(C)=O)[C@@H](OC(C)=O)[C@H](OC(C)=O)[C@@H]4OC(C)=O)cc3)cc2)[C@@H](OC(C)=O)[C@@H](C)[C@@H]1C. The van der Waals surface area contributed by atoms with Gasteiger partial charge in [-0.05, 0) is 34.6 Å². The summed E-state index contributed by atoms with van der Waals surface area (Å²) in [5.41, 5.74) is 3.85. The Kier molecular flexibility index (Phi) is 13.8. The second-order valence-electron chi connectivity index (χ2n) is 13.5. The van der Waals surface area contributed by atoms with Crippen molar-refractivity contribution in [3.63, 3.8) is 0 Å². The fourth-order valence-corrected chi connectivity index (χ4v) is 7.02. The minimum atomic E-state index is -1.21. The van der Waals surface area contributed by atoms with Gasteiger partial charge in [0.25, 0.3) is 0 Å². The second kappa shape index (κ2) is 17.8. The first-order valence-electron chi connectivity index (χ1n) is 17.5. The number of hydrogen-bond acceptors (Lipinski definition) is 12. The summed E-state index contributed by atoms with van der Waals surface area (Å²) in [6.07, 6.45) is -4.11. The lowest BCUT2D eigenvalue weighted by atomic mass is 9.79. The van der Waals surface area contributed by atoms with Crippen molar-refractivity contribution in [1.29, 1.82) is 0 Å². The minimum absolute atomic E-state index is 0.0977. The van der Waals surface area contributed by atoms with Crippen molar-refractivity contribution in [1.82, 2.24) is 0 Å². The highest BCUT2D eigenvalue weighted by atomic mass is 16.7. The Labute approximate surface area is 299 Å². The van der Waals surface area contributed by atoms with Gasteiger partial charge in [0, 0.05) is 53.4 Å². The molecule has 0 bridgehead atoms. The molecule has 2 aromatic rings. The van der Waals surface area contributed by atoms with Crippen LogP contribution in [0.3, 0.4) is 0 Å². The largest absolute Gasteiger partial charge is 0.463 e. The summed E-state index contributed by atoms with van der Waals surface area (Å²) in [5, 5.41) is 0. The highest BCUT2D eigenvalue weighted by molar-refractivity contribution is 5.69. The summed E-state index contributed by atoms with van der Waals surface area (Å²) >= 11 is 0. The van der Waals surface area contributed by atoms with Crippen molar-refractivity contribution >= 4 is 29.8 Å². The van der Waals surface area contributed by atoms with Crippen molar-refractivity contribution in [2.45, 2.75) is 123 Å². The molecular formula is C39H50O12. The lowest BCUT2D eigenvalue weighted by molar-refractivity contribution is -0.252. The number of esters is 5. The third-order valence-corrected chi connectivity index (χ3v) is 9.56. The Morgan fingerprint density at radius 2 is 0.902 bits per heavy atom. The van der Waals surface area contributed by atoms with Crippen LogP contribution in [0.15, 0.2) is 48.5 Å². The normalized spacial score (nSPS) is 28.9. The maximum absolute atomic E-state index is 12.2. The van der Waals surface area contributed by atoms with Crippen molar-refractivity contribution in [3.05, 3.63) is 59.7 Å². The Bertz CT molecular complexity index is 1520. The van der Waals surface area contributed by atoms with E-state index in [1.54, 1.807) is 0 Å². The Hall–Kier alpha value is -4.29. The van der Waals surface area contributed by atoms with Crippen LogP contribution in [0.1, 0.15) is 72.9 Å². The number of hydrogen-bond donors (Lipinski definition) is 0. The van der Waals surface area contributed by atoms with E-state index in [0.717, 1.165) is 28.7 Å². The van der Waals surface area contributed by atoms with Crippen LogP contribution in [0.2, 0.25) is 0 Å². The summed E-state index contributed by atoms with van der Waals surface area (Å²) in [6.45, 7) is 12.4. The lowest BCUT2D eigenvalue weighted by Crippen LogP contribution is -2.62. The molecule has 2 aromatic carbocycles. The van der Waals surface area contributed by atoms with Crippen LogP contribution < -0.4 is 0 Å². The molecule has 12 nitrogen and oxygen atoms in total. The number of carbonyl (C=O) groups is 5. The van der Waals surface area contributed by atoms with E-state index in [0.29, 0.717) is 6.42 Å². The van der Waals surface area contributed by atoms with Gasteiger partial charge in [-0.3, -0.25) is 24.0 Å². The molecule has 278 valence electrons. The molecule has 0 aliphatic carbocycles. The average molecular weight is 711 g/mol. The monoisotopic (exact) mass is 710 g/mol. The molecule has 10 atom stereocenters. The molecule has 2 saturated heterocycles. The predicted octanol–water partition coefficient (Wildman–Crippen LogP) is 4.95. The molecule has 0 radical (unpaired) electrons. The van der Waals surface area contributed by atoms with E-state index in [2.05, 4.69) is 32.9 Å². The van der Waals surface area contributed by atoms with Gasteiger partial charge in [-0.15, -0.1) is 0 Å². The average Bonchev–Trinajstić information content (AvgIpc) is 3.06. The van der Waals surface area contributed by atoms with E-state index in [1.807, 2.05) is 36.4 Å². The van der Waals surface area contributed by atoms with Gasteiger partial charge in [0.05, 0.1) is 12.2 Å². The molecule has 4 rings (SSSR count). The van der Waals surface area contributed by atoms with Crippen LogP contribution in [-0.2, 0) is 70.0 Å². The lowest BCUT2D eigenvalue weighted by Gasteiger charge is -2.44. The first-order chi connectivity index (χ1) is 24.2. The fraction of sp³-hybridized carbons (Fsp3) is 0.564. The minimum Gasteiger partial charge on any atom is -0.463 e. The van der Waals surface area contributed by atoms with E-state index >= 15 is 0 Å². The standard InChI is InChI=1S/C39H50O12/c1-9-32-21(2)22(3)36(46-24(5)41)33(50-32)18-28-10-14-30(15-11-28)31-16-12-29(13-17-31)19-34-37(47-25(6)42)39(49-27(8)44)38(48-26(7)43)35(51-34)20-45-23(4)40/h10-17,21-22,32-39H,9,18-20H2,1-8H3/t21-,22-,32+,33+,34+,35+,36-,37+,38+,39+/m0/s1. The van der Waals surface area contributed by atoms with Gasteiger partial charge >= 0.3 is 29.8 Å². The Morgan fingerprint density at radius 1 is 0.510 bits per heavy atom. The van der Waals surface area contributed by atoms with E-state index in [-0.39, 0.29) is 49.1 Å². The van der Waals surface area contributed by atoms with Crippen LogP contribution in [0.25, 0.3) is 11.1 Å². The summed E-state index contributed by atoms with van der Waals surface area (Å²) < 4.78 is 40.3. The van der Waals surface area contributed by atoms with E-state index < -0.39 is 54.4 Å². The molecule has 12 heteroatoms. The molecule has 51 heavy (non-hydrogen) atoms. The van der Waals surface area contributed by atoms with Gasteiger partial charge in [-0.2, -0.15) is 0 Å². The van der Waals surface area contributed by atoms with Gasteiger partial charge in [0.15, 0.2) is 18.3 Å². The maximum Gasteiger partial charge on any atom is 0.303 e. The third kappa shape index (κ3) is 10.6. The molecule has 2 fully saturated rings. The number of benzene rings is 2. The zero-order valence-electron chi connectivity index (χ0n) is 30.6. The van der Waals surface area contributed by atoms with Gasteiger partial charge in [-0.1, -0.05) is 69.3 Å². The van der Waals surface area contributed by atoms with Crippen molar-refractivity contribution in [3.8, 4) is 11.1 Å². The van der Waals surface area contributed by atoms with Crippen molar-refractivity contribution in [2.24, 2.45) is 11.8 Å². The maximum atomic E-state index is 12.2. The van der Waals surface area contributed by atoms with Gasteiger partial charge < -0.3 is 33.2 Å². The van der Waals surface area contributed by atoms with Gasteiger partial charge in [0.1, 0.15) is 24.9 Å². The van der Waals surface area contributed by atoms with E-state index in [4.69, 9.17) is 33.2 Å². The summed E-state index contributed by atoms with van der Waals surface area (Å²) in [7, 11) is 0. The third-order valence-electron chi connectivity index (χ3n) is 9.56. The second-order valence-corrected chi connectivity index (χ2v) is 13.5. The summed E-state index contributed by atoms with van der Waals surface area (Å²) in [5.74, 6) is -2.45. The molecule has 0 amide bonds. The predicted molar refractivity (Wildman–Crippen MR) is 184 cm³/mol. The molecular weight excluding hydrogens is 660 g/mol.